The second-order valence-corrected chi connectivity index (χ2v) is 7.24. The predicted molar refractivity (Wildman–Crippen MR) is 121 cm³/mol. The molecule has 1 aromatic heterocycles. The minimum Gasteiger partial charge on any atom is -0.493 e. The molecule has 0 saturated heterocycles. The zero-order valence-corrected chi connectivity index (χ0v) is 19.2. The Morgan fingerprint density at radius 2 is 1.82 bits per heavy atom. The van der Waals surface area contributed by atoms with Gasteiger partial charge in [0.1, 0.15) is 0 Å². The summed E-state index contributed by atoms with van der Waals surface area (Å²) < 4.78 is 26.6. The van der Waals surface area contributed by atoms with Crippen LogP contribution in [0.25, 0.3) is 11.5 Å². The van der Waals surface area contributed by atoms with Crippen molar-refractivity contribution in [2.45, 2.75) is 5.22 Å². The first-order valence-corrected chi connectivity index (χ1v) is 10.6. The van der Waals surface area contributed by atoms with E-state index in [1.165, 1.54) is 51.3 Å². The summed E-state index contributed by atoms with van der Waals surface area (Å²) >= 11 is 1.21. The molecule has 3 rings (SSSR count). The highest BCUT2D eigenvalue weighted by molar-refractivity contribution is 7.99. The van der Waals surface area contributed by atoms with Crippen molar-refractivity contribution in [2.75, 3.05) is 33.7 Å². The van der Waals surface area contributed by atoms with E-state index in [1.54, 1.807) is 12.1 Å². The standard InChI is InChI=1S/C22H19N3O8S/c1-29-17-12-15(13-18(30-2)19(17)31-3)20-23-24-22(33-20)34-10-5-4-9-32-21(26)14-7-6-8-16(11-14)25(27)28/h6-8,11-13H,9-10H2,1-3H3. The lowest BCUT2D eigenvalue weighted by molar-refractivity contribution is -0.384. The summed E-state index contributed by atoms with van der Waals surface area (Å²) in [7, 11) is 4.53. The van der Waals surface area contributed by atoms with Crippen molar-refractivity contribution >= 4 is 23.4 Å². The second kappa shape index (κ2) is 11.6. The number of thioether (sulfide) groups is 1. The van der Waals surface area contributed by atoms with Gasteiger partial charge in [-0.3, -0.25) is 10.1 Å². The molecule has 11 nitrogen and oxygen atoms in total. The molecule has 176 valence electrons. The number of hydrogen-bond acceptors (Lipinski definition) is 11. The molecule has 0 amide bonds. The molecule has 0 unspecified atom stereocenters. The van der Waals surface area contributed by atoms with E-state index in [1.807, 2.05) is 0 Å². The maximum absolute atomic E-state index is 12.0. The van der Waals surface area contributed by atoms with Gasteiger partial charge in [0.25, 0.3) is 10.9 Å². The summed E-state index contributed by atoms with van der Waals surface area (Å²) in [5.41, 5.74) is 0.478. The Hall–Kier alpha value is -4.24. The first kappa shape index (κ1) is 24.4. The molecule has 1 heterocycles. The number of esters is 1. The van der Waals surface area contributed by atoms with Crippen molar-refractivity contribution in [1.29, 1.82) is 0 Å². The molecule has 0 aliphatic heterocycles. The van der Waals surface area contributed by atoms with Crippen molar-refractivity contribution in [3.63, 3.8) is 0 Å². The highest BCUT2D eigenvalue weighted by atomic mass is 32.2. The molecular formula is C22H19N3O8S. The number of methoxy groups -OCH3 is 3. The molecule has 0 aliphatic rings. The maximum Gasteiger partial charge on any atom is 0.339 e. The molecule has 0 atom stereocenters. The summed E-state index contributed by atoms with van der Waals surface area (Å²) in [5, 5.41) is 19.1. The molecule has 0 radical (unpaired) electrons. The van der Waals surface area contributed by atoms with Gasteiger partial charge in [-0.1, -0.05) is 29.7 Å². The van der Waals surface area contributed by atoms with Crippen molar-refractivity contribution in [3.05, 3.63) is 52.1 Å². The van der Waals surface area contributed by atoms with Gasteiger partial charge >= 0.3 is 5.97 Å². The number of benzene rings is 2. The Bertz CT molecular complexity index is 1220. The quantitative estimate of drug-likeness (QED) is 0.144. The van der Waals surface area contributed by atoms with E-state index in [2.05, 4.69) is 22.0 Å². The summed E-state index contributed by atoms with van der Waals surface area (Å²) in [6, 6.07) is 8.66. The van der Waals surface area contributed by atoms with Crippen molar-refractivity contribution in [3.8, 4) is 40.5 Å². The van der Waals surface area contributed by atoms with Crippen LogP contribution in [-0.4, -0.2) is 54.8 Å². The van der Waals surface area contributed by atoms with Gasteiger partial charge in [-0.05, 0) is 18.2 Å². The zero-order valence-electron chi connectivity index (χ0n) is 18.4. The number of nitro groups is 1. The van der Waals surface area contributed by atoms with Crippen LogP contribution in [0.15, 0.2) is 46.0 Å². The van der Waals surface area contributed by atoms with Crippen LogP contribution in [0.1, 0.15) is 10.4 Å². The molecule has 0 saturated carbocycles. The number of hydrogen-bond donors (Lipinski definition) is 0. The summed E-state index contributed by atoms with van der Waals surface area (Å²) in [6.07, 6.45) is 0. The average Bonchev–Trinajstić information content (AvgIpc) is 3.34. The summed E-state index contributed by atoms with van der Waals surface area (Å²) in [6.45, 7) is -0.164. The van der Waals surface area contributed by atoms with Crippen LogP contribution < -0.4 is 14.2 Å². The van der Waals surface area contributed by atoms with E-state index >= 15 is 0 Å². The lowest BCUT2D eigenvalue weighted by atomic mass is 10.2. The fourth-order valence-corrected chi connectivity index (χ4v) is 3.25. The number of carbonyl (C=O) groups is 1. The van der Waals surface area contributed by atoms with Gasteiger partial charge in [0.2, 0.25) is 11.6 Å². The van der Waals surface area contributed by atoms with Crippen LogP contribution in [0.3, 0.4) is 0 Å². The first-order chi connectivity index (χ1) is 16.5. The van der Waals surface area contributed by atoms with E-state index in [0.717, 1.165) is 6.07 Å². The van der Waals surface area contributed by atoms with Gasteiger partial charge in [0.05, 0.1) is 37.6 Å². The van der Waals surface area contributed by atoms with E-state index < -0.39 is 10.9 Å². The molecule has 3 aromatic rings. The Balaban J connectivity index is 1.54. The van der Waals surface area contributed by atoms with Crippen molar-refractivity contribution in [1.82, 2.24) is 10.2 Å². The number of aromatic nitrogens is 2. The third-order valence-electron chi connectivity index (χ3n) is 4.28. The van der Waals surface area contributed by atoms with E-state index in [9.17, 15) is 14.9 Å². The summed E-state index contributed by atoms with van der Waals surface area (Å²) in [5.74, 6) is 6.74. The van der Waals surface area contributed by atoms with Crippen LogP contribution in [-0.2, 0) is 4.74 Å². The molecule has 0 aliphatic carbocycles. The molecule has 0 N–H and O–H groups in total. The van der Waals surface area contributed by atoms with Gasteiger partial charge in [0, 0.05) is 17.7 Å². The lowest BCUT2D eigenvalue weighted by Gasteiger charge is -2.12. The van der Waals surface area contributed by atoms with Crippen LogP contribution in [0.2, 0.25) is 0 Å². The second-order valence-electron chi connectivity index (χ2n) is 6.31. The van der Waals surface area contributed by atoms with Crippen LogP contribution >= 0.6 is 11.8 Å². The number of rotatable bonds is 9. The molecular weight excluding hydrogens is 466 g/mol. The van der Waals surface area contributed by atoms with Crippen LogP contribution in [0, 0.1) is 22.0 Å². The highest BCUT2D eigenvalue weighted by Crippen LogP contribution is 2.41. The Kier molecular flexibility index (Phi) is 8.31. The molecule has 2 aromatic carbocycles. The van der Waals surface area contributed by atoms with Gasteiger partial charge in [0.15, 0.2) is 18.1 Å². The molecule has 34 heavy (non-hydrogen) atoms. The fraction of sp³-hybridized carbons (Fsp3) is 0.227. The molecule has 12 heteroatoms. The van der Waals surface area contributed by atoms with E-state index in [0.29, 0.717) is 33.8 Å². The minimum absolute atomic E-state index is 0.0792. The Morgan fingerprint density at radius 3 is 2.47 bits per heavy atom. The van der Waals surface area contributed by atoms with Crippen molar-refractivity contribution in [2.24, 2.45) is 0 Å². The average molecular weight is 485 g/mol. The van der Waals surface area contributed by atoms with Crippen LogP contribution in [0.4, 0.5) is 5.69 Å². The number of ether oxygens (including phenoxy) is 4. The highest BCUT2D eigenvalue weighted by Gasteiger charge is 2.17. The monoisotopic (exact) mass is 485 g/mol. The van der Waals surface area contributed by atoms with E-state index in [4.69, 9.17) is 23.4 Å². The van der Waals surface area contributed by atoms with Gasteiger partial charge < -0.3 is 23.4 Å². The number of carbonyl (C=O) groups excluding carboxylic acids is 1. The third kappa shape index (κ3) is 5.96. The topological polar surface area (TPSA) is 136 Å². The predicted octanol–water partition coefficient (Wildman–Crippen LogP) is 3.62. The SMILES string of the molecule is COc1cc(-c2nnc(SCC#CCOC(=O)c3cccc([N+](=O)[O-])c3)o2)cc(OC)c1OC. The smallest absolute Gasteiger partial charge is 0.339 e. The maximum atomic E-state index is 12.0. The minimum atomic E-state index is -0.697. The number of nitro benzene ring substituents is 1. The largest absolute Gasteiger partial charge is 0.493 e. The van der Waals surface area contributed by atoms with Gasteiger partial charge in [-0.15, -0.1) is 10.2 Å². The Labute approximate surface area is 198 Å². The van der Waals surface area contributed by atoms with E-state index in [-0.39, 0.29) is 23.7 Å². The Morgan fingerprint density at radius 1 is 1.09 bits per heavy atom. The summed E-state index contributed by atoms with van der Waals surface area (Å²) in [4.78, 5) is 22.2. The lowest BCUT2D eigenvalue weighted by Crippen LogP contribution is -2.05. The van der Waals surface area contributed by atoms with Gasteiger partial charge in [-0.2, -0.15) is 0 Å². The normalized spacial score (nSPS) is 10.1. The molecule has 0 spiro atoms. The first-order valence-electron chi connectivity index (χ1n) is 9.60. The number of non-ortho nitro benzene ring substituents is 1. The number of nitrogens with zero attached hydrogens (tertiary/aromatic N) is 3. The van der Waals surface area contributed by atoms with Crippen molar-refractivity contribution < 1.29 is 33.1 Å². The molecule has 0 fully saturated rings. The fourth-order valence-electron chi connectivity index (χ4n) is 2.72. The molecule has 0 bridgehead atoms. The third-order valence-corrected chi connectivity index (χ3v) is 4.98. The van der Waals surface area contributed by atoms with Crippen LogP contribution in [0.5, 0.6) is 17.2 Å². The zero-order chi connectivity index (χ0) is 24.5. The van der Waals surface area contributed by atoms with Gasteiger partial charge in [-0.25, -0.2) is 4.79 Å².